The van der Waals surface area contributed by atoms with Crippen LogP contribution in [0.4, 0.5) is 0 Å². The molecular weight excluding hydrogens is 222 g/mol. The standard InChI is InChI=1S/C12H17NO4/c1-2-4-10(12(15)16)13-11(14)7-6-9-5-3-8-17-9/h3,5,8,10H,2,4,6-7H2,1H3,(H,13,14)(H,15,16)/t10-/m1/s1. The summed E-state index contributed by atoms with van der Waals surface area (Å²) in [6, 6.07) is 2.75. The Bertz CT molecular complexity index is 359. The third-order valence-corrected chi connectivity index (χ3v) is 2.39. The van der Waals surface area contributed by atoms with Crippen molar-refractivity contribution >= 4 is 11.9 Å². The van der Waals surface area contributed by atoms with Crippen molar-refractivity contribution in [1.82, 2.24) is 5.32 Å². The lowest BCUT2D eigenvalue weighted by molar-refractivity contribution is -0.142. The topological polar surface area (TPSA) is 79.5 Å². The molecule has 1 atom stereocenters. The van der Waals surface area contributed by atoms with Gasteiger partial charge in [0, 0.05) is 12.8 Å². The third kappa shape index (κ3) is 4.72. The maximum atomic E-state index is 11.5. The molecular formula is C12H17NO4. The first kappa shape index (κ1) is 13.3. The zero-order valence-electron chi connectivity index (χ0n) is 9.81. The van der Waals surface area contributed by atoms with E-state index in [9.17, 15) is 9.59 Å². The second kappa shape index (κ2) is 6.73. The van der Waals surface area contributed by atoms with E-state index in [2.05, 4.69) is 5.32 Å². The molecule has 0 aliphatic rings. The average molecular weight is 239 g/mol. The van der Waals surface area contributed by atoms with Crippen molar-refractivity contribution in [2.45, 2.75) is 38.6 Å². The van der Waals surface area contributed by atoms with Crippen LogP contribution in [-0.4, -0.2) is 23.0 Å². The number of amides is 1. The highest BCUT2D eigenvalue weighted by Crippen LogP contribution is 2.04. The van der Waals surface area contributed by atoms with E-state index in [0.717, 1.165) is 12.2 Å². The summed E-state index contributed by atoms with van der Waals surface area (Å²) < 4.78 is 5.09. The number of carboxylic acid groups (broad SMARTS) is 1. The van der Waals surface area contributed by atoms with Gasteiger partial charge >= 0.3 is 5.97 Å². The first-order chi connectivity index (χ1) is 8.13. The van der Waals surface area contributed by atoms with Crippen molar-refractivity contribution in [2.75, 3.05) is 0 Å². The highest BCUT2D eigenvalue weighted by atomic mass is 16.4. The molecule has 1 rings (SSSR count). The maximum Gasteiger partial charge on any atom is 0.326 e. The Morgan fingerprint density at radius 2 is 2.29 bits per heavy atom. The van der Waals surface area contributed by atoms with E-state index >= 15 is 0 Å². The molecule has 0 bridgehead atoms. The number of hydrogen-bond acceptors (Lipinski definition) is 3. The molecule has 1 amide bonds. The predicted molar refractivity (Wildman–Crippen MR) is 61.5 cm³/mol. The number of carbonyl (C=O) groups excluding carboxylic acids is 1. The molecule has 2 N–H and O–H groups in total. The molecule has 1 aromatic heterocycles. The summed E-state index contributed by atoms with van der Waals surface area (Å²) in [5.74, 6) is -0.525. The number of aliphatic carboxylic acids is 1. The summed E-state index contributed by atoms with van der Waals surface area (Å²) >= 11 is 0. The maximum absolute atomic E-state index is 11.5. The van der Waals surface area contributed by atoms with Gasteiger partial charge in [0.25, 0.3) is 0 Å². The van der Waals surface area contributed by atoms with Gasteiger partial charge in [-0.05, 0) is 18.6 Å². The van der Waals surface area contributed by atoms with Crippen LogP contribution < -0.4 is 5.32 Å². The molecule has 5 nitrogen and oxygen atoms in total. The van der Waals surface area contributed by atoms with Crippen LogP contribution >= 0.6 is 0 Å². The Labute approximate surface area is 99.8 Å². The number of nitrogens with one attached hydrogen (secondary N) is 1. The quantitative estimate of drug-likeness (QED) is 0.757. The van der Waals surface area contributed by atoms with E-state index in [0.29, 0.717) is 12.8 Å². The van der Waals surface area contributed by atoms with E-state index in [4.69, 9.17) is 9.52 Å². The van der Waals surface area contributed by atoms with Crippen molar-refractivity contribution in [2.24, 2.45) is 0 Å². The molecule has 0 aliphatic heterocycles. The van der Waals surface area contributed by atoms with Gasteiger partial charge in [-0.25, -0.2) is 4.79 Å². The lowest BCUT2D eigenvalue weighted by atomic mass is 10.1. The van der Waals surface area contributed by atoms with Gasteiger partial charge in [0.2, 0.25) is 5.91 Å². The number of rotatable bonds is 7. The van der Waals surface area contributed by atoms with Crippen LogP contribution in [0.3, 0.4) is 0 Å². The van der Waals surface area contributed by atoms with Crippen LogP contribution in [0.15, 0.2) is 22.8 Å². The monoisotopic (exact) mass is 239 g/mol. The fourth-order valence-electron chi connectivity index (χ4n) is 1.50. The lowest BCUT2D eigenvalue weighted by Gasteiger charge is -2.12. The van der Waals surface area contributed by atoms with Gasteiger partial charge in [0.15, 0.2) is 0 Å². The molecule has 1 heterocycles. The second-order valence-electron chi connectivity index (χ2n) is 3.83. The summed E-state index contributed by atoms with van der Waals surface area (Å²) in [6.45, 7) is 1.88. The van der Waals surface area contributed by atoms with Crippen LogP contribution in [0.25, 0.3) is 0 Å². The van der Waals surface area contributed by atoms with Gasteiger partial charge < -0.3 is 14.8 Å². The van der Waals surface area contributed by atoms with Crippen molar-refractivity contribution in [1.29, 1.82) is 0 Å². The van der Waals surface area contributed by atoms with Crippen molar-refractivity contribution in [3.8, 4) is 0 Å². The first-order valence-electron chi connectivity index (χ1n) is 5.68. The zero-order valence-corrected chi connectivity index (χ0v) is 9.81. The first-order valence-corrected chi connectivity index (χ1v) is 5.68. The van der Waals surface area contributed by atoms with E-state index in [1.165, 1.54) is 0 Å². The van der Waals surface area contributed by atoms with Gasteiger partial charge in [0.1, 0.15) is 11.8 Å². The van der Waals surface area contributed by atoms with Gasteiger partial charge in [0.05, 0.1) is 6.26 Å². The van der Waals surface area contributed by atoms with Crippen LogP contribution in [0.2, 0.25) is 0 Å². The van der Waals surface area contributed by atoms with Crippen molar-refractivity contribution < 1.29 is 19.1 Å². The molecule has 0 aliphatic carbocycles. The summed E-state index contributed by atoms with van der Waals surface area (Å²) in [5.41, 5.74) is 0. The molecule has 0 saturated carbocycles. The molecule has 94 valence electrons. The van der Waals surface area contributed by atoms with Gasteiger partial charge in [-0.1, -0.05) is 13.3 Å². The second-order valence-corrected chi connectivity index (χ2v) is 3.83. The number of hydrogen-bond donors (Lipinski definition) is 2. The highest BCUT2D eigenvalue weighted by Gasteiger charge is 2.18. The van der Waals surface area contributed by atoms with Crippen LogP contribution in [-0.2, 0) is 16.0 Å². The lowest BCUT2D eigenvalue weighted by Crippen LogP contribution is -2.40. The predicted octanol–water partition coefficient (Wildman–Crippen LogP) is 1.58. The van der Waals surface area contributed by atoms with Gasteiger partial charge in [-0.3, -0.25) is 4.79 Å². The fourth-order valence-corrected chi connectivity index (χ4v) is 1.50. The van der Waals surface area contributed by atoms with E-state index in [1.807, 2.05) is 6.92 Å². The summed E-state index contributed by atoms with van der Waals surface area (Å²) in [6.07, 6.45) is 3.43. The minimum absolute atomic E-state index is 0.237. The van der Waals surface area contributed by atoms with Crippen LogP contribution in [0.1, 0.15) is 31.9 Å². The summed E-state index contributed by atoms with van der Waals surface area (Å²) in [7, 11) is 0. The number of carbonyl (C=O) groups is 2. The Balaban J connectivity index is 2.34. The average Bonchev–Trinajstić information content (AvgIpc) is 2.78. The Hall–Kier alpha value is -1.78. The molecule has 1 aromatic rings. The Morgan fingerprint density at radius 3 is 2.82 bits per heavy atom. The van der Waals surface area contributed by atoms with Crippen LogP contribution in [0, 0.1) is 0 Å². The number of carboxylic acids is 1. The van der Waals surface area contributed by atoms with Crippen LogP contribution in [0.5, 0.6) is 0 Å². The van der Waals surface area contributed by atoms with Gasteiger partial charge in [-0.2, -0.15) is 0 Å². The van der Waals surface area contributed by atoms with Gasteiger partial charge in [-0.15, -0.1) is 0 Å². The van der Waals surface area contributed by atoms with E-state index in [1.54, 1.807) is 18.4 Å². The highest BCUT2D eigenvalue weighted by molar-refractivity contribution is 5.83. The Kier molecular flexibility index (Phi) is 5.26. The minimum atomic E-state index is -0.988. The molecule has 17 heavy (non-hydrogen) atoms. The zero-order chi connectivity index (χ0) is 12.7. The molecule has 0 radical (unpaired) electrons. The Morgan fingerprint density at radius 1 is 1.53 bits per heavy atom. The number of aryl methyl sites for hydroxylation is 1. The molecule has 0 saturated heterocycles. The summed E-state index contributed by atoms with van der Waals surface area (Å²) in [4.78, 5) is 22.3. The fraction of sp³-hybridized carbons (Fsp3) is 0.500. The third-order valence-electron chi connectivity index (χ3n) is 2.39. The SMILES string of the molecule is CCC[C@@H](NC(=O)CCc1ccco1)C(=O)O. The normalized spacial score (nSPS) is 12.1. The smallest absolute Gasteiger partial charge is 0.326 e. The van der Waals surface area contributed by atoms with Crippen molar-refractivity contribution in [3.63, 3.8) is 0 Å². The molecule has 0 aromatic carbocycles. The molecule has 0 spiro atoms. The van der Waals surface area contributed by atoms with E-state index < -0.39 is 12.0 Å². The summed E-state index contributed by atoms with van der Waals surface area (Å²) in [5, 5.41) is 11.4. The van der Waals surface area contributed by atoms with E-state index in [-0.39, 0.29) is 12.3 Å². The largest absolute Gasteiger partial charge is 0.480 e. The minimum Gasteiger partial charge on any atom is -0.480 e. The molecule has 0 fully saturated rings. The molecule has 5 heteroatoms. The van der Waals surface area contributed by atoms with Crippen molar-refractivity contribution in [3.05, 3.63) is 24.2 Å². The number of furan rings is 1. The molecule has 0 unspecified atom stereocenters.